The Kier molecular flexibility index (Phi) is 4.72. The van der Waals surface area contributed by atoms with Crippen molar-refractivity contribution in [3.63, 3.8) is 0 Å². The van der Waals surface area contributed by atoms with Gasteiger partial charge in [-0.3, -0.25) is 9.59 Å². The molecule has 2 aromatic carbocycles. The van der Waals surface area contributed by atoms with Crippen LogP contribution in [0.15, 0.2) is 42.5 Å². The molecular weight excluding hydrogens is 350 g/mol. The molecule has 1 aliphatic rings. The number of hydrogen-bond acceptors (Lipinski definition) is 2. The molecule has 0 aliphatic carbocycles. The number of halogens is 3. The van der Waals surface area contributed by atoms with Gasteiger partial charge in [0.2, 0.25) is 5.91 Å². The Balaban J connectivity index is 1.81. The first-order valence-corrected chi connectivity index (χ1v) is 8.09. The number of piperazine rings is 1. The predicted octanol–water partition coefficient (Wildman–Crippen LogP) is 3.50. The number of anilines is 1. The molecular formula is C18H15ClF2N2O2. The molecule has 0 bridgehead atoms. The number of hydrogen-bond donors (Lipinski definition) is 0. The third-order valence-corrected chi connectivity index (χ3v) is 4.49. The summed E-state index contributed by atoms with van der Waals surface area (Å²) in [5.41, 5.74) is 0.666. The summed E-state index contributed by atoms with van der Waals surface area (Å²) in [5.74, 6) is -1.79. The molecule has 2 amide bonds. The quantitative estimate of drug-likeness (QED) is 0.818. The van der Waals surface area contributed by atoms with Crippen LogP contribution < -0.4 is 4.90 Å². The minimum atomic E-state index is -0.728. The number of carbonyl (C=O) groups is 2. The number of carbonyl (C=O) groups excluding carboxylic acids is 2. The van der Waals surface area contributed by atoms with Gasteiger partial charge in [0.15, 0.2) is 0 Å². The SMILES string of the molecule is C[C@@H]1C(=O)N(c2ccc(F)c(Cl)c2)CCN1C(=O)c1cccc(F)c1. The fraction of sp³-hybridized carbons (Fsp3) is 0.222. The van der Waals surface area contributed by atoms with Gasteiger partial charge >= 0.3 is 0 Å². The van der Waals surface area contributed by atoms with E-state index in [4.69, 9.17) is 11.6 Å². The van der Waals surface area contributed by atoms with Crippen molar-refractivity contribution in [1.29, 1.82) is 0 Å². The highest BCUT2D eigenvalue weighted by Crippen LogP contribution is 2.26. The fourth-order valence-electron chi connectivity index (χ4n) is 2.84. The van der Waals surface area contributed by atoms with Crippen LogP contribution in [-0.4, -0.2) is 35.8 Å². The van der Waals surface area contributed by atoms with Crippen LogP contribution >= 0.6 is 11.6 Å². The Morgan fingerprint density at radius 1 is 1.16 bits per heavy atom. The van der Waals surface area contributed by atoms with Crippen LogP contribution in [0.4, 0.5) is 14.5 Å². The van der Waals surface area contributed by atoms with Gasteiger partial charge in [-0.25, -0.2) is 8.78 Å². The second kappa shape index (κ2) is 6.80. The average molecular weight is 365 g/mol. The zero-order chi connectivity index (χ0) is 18.1. The minimum absolute atomic E-state index is 0.0729. The summed E-state index contributed by atoms with van der Waals surface area (Å²) in [6.45, 7) is 2.13. The second-order valence-electron chi connectivity index (χ2n) is 5.77. The van der Waals surface area contributed by atoms with Crippen LogP contribution in [0.2, 0.25) is 5.02 Å². The minimum Gasteiger partial charge on any atom is -0.325 e. The third-order valence-electron chi connectivity index (χ3n) is 4.20. The van der Waals surface area contributed by atoms with E-state index in [0.29, 0.717) is 5.69 Å². The molecule has 1 aliphatic heterocycles. The Morgan fingerprint density at radius 3 is 2.60 bits per heavy atom. The van der Waals surface area contributed by atoms with Crippen LogP contribution in [-0.2, 0) is 4.79 Å². The van der Waals surface area contributed by atoms with Gasteiger partial charge in [0, 0.05) is 24.3 Å². The van der Waals surface area contributed by atoms with E-state index in [2.05, 4.69) is 0 Å². The molecule has 3 rings (SSSR count). The third kappa shape index (κ3) is 3.35. The molecule has 7 heteroatoms. The Bertz CT molecular complexity index is 844. The molecule has 1 atom stereocenters. The normalized spacial score (nSPS) is 17.8. The van der Waals surface area contributed by atoms with Crippen LogP contribution in [0.3, 0.4) is 0 Å². The average Bonchev–Trinajstić information content (AvgIpc) is 2.59. The molecule has 0 saturated carbocycles. The summed E-state index contributed by atoms with van der Waals surface area (Å²) >= 11 is 5.78. The van der Waals surface area contributed by atoms with Gasteiger partial charge in [0.1, 0.15) is 17.7 Å². The van der Waals surface area contributed by atoms with Gasteiger partial charge in [-0.2, -0.15) is 0 Å². The lowest BCUT2D eigenvalue weighted by molar-refractivity contribution is -0.124. The van der Waals surface area contributed by atoms with E-state index in [1.807, 2.05) is 0 Å². The van der Waals surface area contributed by atoms with Crippen molar-refractivity contribution in [3.8, 4) is 0 Å². The molecule has 0 radical (unpaired) electrons. The van der Waals surface area contributed by atoms with E-state index in [-0.39, 0.29) is 29.6 Å². The van der Waals surface area contributed by atoms with Gasteiger partial charge in [-0.15, -0.1) is 0 Å². The lowest BCUT2D eigenvalue weighted by atomic mass is 10.1. The first kappa shape index (κ1) is 17.4. The zero-order valence-corrected chi connectivity index (χ0v) is 14.1. The van der Waals surface area contributed by atoms with E-state index >= 15 is 0 Å². The Hall–Kier alpha value is -2.47. The molecule has 1 saturated heterocycles. The van der Waals surface area contributed by atoms with Crippen LogP contribution in [0.1, 0.15) is 17.3 Å². The number of rotatable bonds is 2. The lowest BCUT2D eigenvalue weighted by Crippen LogP contribution is -2.57. The summed E-state index contributed by atoms with van der Waals surface area (Å²) in [5, 5.41) is -0.0729. The Labute approximate surface area is 148 Å². The monoisotopic (exact) mass is 364 g/mol. The first-order chi connectivity index (χ1) is 11.9. The first-order valence-electron chi connectivity index (χ1n) is 7.71. The van der Waals surface area contributed by atoms with Crippen molar-refractivity contribution in [2.24, 2.45) is 0 Å². The summed E-state index contributed by atoms with van der Waals surface area (Å²) in [4.78, 5) is 28.1. The maximum atomic E-state index is 13.3. The highest BCUT2D eigenvalue weighted by Gasteiger charge is 2.35. The molecule has 4 nitrogen and oxygen atoms in total. The topological polar surface area (TPSA) is 40.6 Å². The van der Waals surface area contributed by atoms with E-state index in [9.17, 15) is 18.4 Å². The number of amides is 2. The number of benzene rings is 2. The van der Waals surface area contributed by atoms with Gasteiger partial charge in [0.05, 0.1) is 5.02 Å². The van der Waals surface area contributed by atoms with Gasteiger partial charge in [-0.05, 0) is 43.3 Å². The van der Waals surface area contributed by atoms with Crippen molar-refractivity contribution >= 4 is 29.1 Å². The van der Waals surface area contributed by atoms with Crippen molar-refractivity contribution in [2.45, 2.75) is 13.0 Å². The molecule has 2 aromatic rings. The van der Waals surface area contributed by atoms with E-state index in [0.717, 1.165) is 6.07 Å². The van der Waals surface area contributed by atoms with Crippen LogP contribution in [0.5, 0.6) is 0 Å². The summed E-state index contributed by atoms with van der Waals surface area (Å²) in [6.07, 6.45) is 0. The maximum Gasteiger partial charge on any atom is 0.254 e. The molecule has 0 unspecified atom stereocenters. The zero-order valence-electron chi connectivity index (χ0n) is 13.4. The fourth-order valence-corrected chi connectivity index (χ4v) is 3.02. The van der Waals surface area contributed by atoms with E-state index in [1.165, 1.54) is 46.2 Å². The highest BCUT2D eigenvalue weighted by atomic mass is 35.5. The van der Waals surface area contributed by atoms with Crippen molar-refractivity contribution in [3.05, 3.63) is 64.7 Å². The van der Waals surface area contributed by atoms with Gasteiger partial charge in [0.25, 0.3) is 5.91 Å². The van der Waals surface area contributed by atoms with Gasteiger partial charge < -0.3 is 9.80 Å². The maximum absolute atomic E-state index is 13.3. The summed E-state index contributed by atoms with van der Waals surface area (Å²) < 4.78 is 26.6. The lowest BCUT2D eigenvalue weighted by Gasteiger charge is -2.39. The van der Waals surface area contributed by atoms with Crippen LogP contribution in [0.25, 0.3) is 0 Å². The van der Waals surface area contributed by atoms with E-state index < -0.39 is 23.6 Å². The number of nitrogens with zero attached hydrogens (tertiary/aromatic N) is 2. The Morgan fingerprint density at radius 2 is 1.92 bits per heavy atom. The molecule has 25 heavy (non-hydrogen) atoms. The summed E-state index contributed by atoms with van der Waals surface area (Å²) in [6, 6.07) is 8.67. The molecule has 0 aromatic heterocycles. The molecule has 1 heterocycles. The van der Waals surface area contributed by atoms with Crippen molar-refractivity contribution < 1.29 is 18.4 Å². The summed E-state index contributed by atoms with van der Waals surface area (Å²) in [7, 11) is 0. The highest BCUT2D eigenvalue weighted by molar-refractivity contribution is 6.31. The van der Waals surface area contributed by atoms with E-state index in [1.54, 1.807) is 6.92 Å². The van der Waals surface area contributed by atoms with Gasteiger partial charge in [-0.1, -0.05) is 17.7 Å². The van der Waals surface area contributed by atoms with Crippen molar-refractivity contribution in [2.75, 3.05) is 18.0 Å². The predicted molar refractivity (Wildman–Crippen MR) is 90.7 cm³/mol. The van der Waals surface area contributed by atoms with Crippen LogP contribution in [0, 0.1) is 11.6 Å². The molecule has 0 spiro atoms. The van der Waals surface area contributed by atoms with Crippen molar-refractivity contribution in [1.82, 2.24) is 4.90 Å². The smallest absolute Gasteiger partial charge is 0.254 e. The standard InChI is InChI=1S/C18H15ClF2N2O2/c1-11-17(24)23(14-5-6-16(21)15(19)10-14)8-7-22(11)18(25)12-3-2-4-13(20)9-12/h2-6,9-11H,7-8H2,1H3/t11-/m1/s1. The second-order valence-corrected chi connectivity index (χ2v) is 6.18. The largest absolute Gasteiger partial charge is 0.325 e. The molecule has 1 fully saturated rings. The molecule has 130 valence electrons. The molecule has 0 N–H and O–H groups in total.